The van der Waals surface area contributed by atoms with Crippen LogP contribution in [0.3, 0.4) is 0 Å². The van der Waals surface area contributed by atoms with Gasteiger partial charge >= 0.3 is 0 Å². The minimum absolute atomic E-state index is 0.0272. The van der Waals surface area contributed by atoms with E-state index in [1.54, 1.807) is 19.0 Å². The molecule has 0 radical (unpaired) electrons. The summed E-state index contributed by atoms with van der Waals surface area (Å²) in [6.45, 7) is 0.484. The van der Waals surface area contributed by atoms with E-state index in [-0.39, 0.29) is 17.4 Å². The molecule has 19 heavy (non-hydrogen) atoms. The summed E-state index contributed by atoms with van der Waals surface area (Å²) in [7, 11) is 5.34. The van der Waals surface area contributed by atoms with E-state index in [1.165, 1.54) is 19.3 Å². The summed E-state index contributed by atoms with van der Waals surface area (Å²) in [6, 6.07) is 0. The quantitative estimate of drug-likeness (QED) is 0.753. The molecule has 2 N–H and O–H groups in total. The molecule has 0 aromatic rings. The molecule has 1 aliphatic rings. The second-order valence-electron chi connectivity index (χ2n) is 5.51. The third-order valence-electron chi connectivity index (χ3n) is 4.21. The highest BCUT2D eigenvalue weighted by atomic mass is 16.2. The molecule has 1 fully saturated rings. The Hall–Kier alpha value is -1.10. The molecular weight excluding hydrogens is 242 g/mol. The minimum atomic E-state index is -0.0311. The molecule has 0 atom stereocenters. The number of nitrogens with one attached hydrogen (secondary N) is 2. The molecule has 0 saturated heterocycles. The standard InChI is InChI=1S/C14H27N3O2/c1-15-12(18)7-10-17(3)13(19)11-14(16-2)8-5-4-6-9-14/h16H,4-11H2,1-3H3,(H,15,18). The van der Waals surface area contributed by atoms with Gasteiger partial charge in [0, 0.05) is 39.0 Å². The summed E-state index contributed by atoms with van der Waals surface area (Å²) in [4.78, 5) is 25.1. The molecule has 0 aliphatic heterocycles. The molecule has 0 aromatic carbocycles. The van der Waals surface area contributed by atoms with Crippen molar-refractivity contribution in [2.75, 3.05) is 27.7 Å². The number of hydrogen-bond acceptors (Lipinski definition) is 3. The van der Waals surface area contributed by atoms with Crippen LogP contribution < -0.4 is 10.6 Å². The van der Waals surface area contributed by atoms with Gasteiger partial charge in [-0.3, -0.25) is 9.59 Å². The molecule has 2 amide bonds. The Labute approximate surface area is 116 Å². The summed E-state index contributed by atoms with van der Waals surface area (Å²) in [5.41, 5.74) is -0.0311. The van der Waals surface area contributed by atoms with Gasteiger partial charge in [-0.25, -0.2) is 0 Å². The third-order valence-corrected chi connectivity index (χ3v) is 4.21. The molecule has 1 rings (SSSR count). The van der Waals surface area contributed by atoms with Crippen LogP contribution in [-0.2, 0) is 9.59 Å². The Balaban J connectivity index is 2.45. The maximum absolute atomic E-state index is 12.2. The predicted molar refractivity (Wildman–Crippen MR) is 75.8 cm³/mol. The lowest BCUT2D eigenvalue weighted by Gasteiger charge is -2.37. The zero-order chi connectivity index (χ0) is 14.3. The molecule has 1 saturated carbocycles. The van der Waals surface area contributed by atoms with Gasteiger partial charge in [0.2, 0.25) is 11.8 Å². The fraction of sp³-hybridized carbons (Fsp3) is 0.857. The fourth-order valence-electron chi connectivity index (χ4n) is 2.69. The molecule has 0 aromatic heterocycles. The van der Waals surface area contributed by atoms with Crippen molar-refractivity contribution in [2.24, 2.45) is 0 Å². The molecule has 1 aliphatic carbocycles. The van der Waals surface area contributed by atoms with Crippen molar-refractivity contribution in [3.05, 3.63) is 0 Å². The first-order valence-electron chi connectivity index (χ1n) is 7.16. The highest BCUT2D eigenvalue weighted by Crippen LogP contribution is 2.31. The van der Waals surface area contributed by atoms with Crippen molar-refractivity contribution in [2.45, 2.75) is 50.5 Å². The van der Waals surface area contributed by atoms with Gasteiger partial charge in [0.15, 0.2) is 0 Å². The van der Waals surface area contributed by atoms with E-state index in [1.807, 2.05) is 7.05 Å². The summed E-state index contributed by atoms with van der Waals surface area (Å²) in [5, 5.41) is 5.92. The molecule has 0 unspecified atom stereocenters. The second kappa shape index (κ2) is 7.48. The minimum Gasteiger partial charge on any atom is -0.359 e. The van der Waals surface area contributed by atoms with Crippen LogP contribution in [0.4, 0.5) is 0 Å². The lowest BCUT2D eigenvalue weighted by Crippen LogP contribution is -2.48. The topological polar surface area (TPSA) is 61.4 Å². The molecular formula is C14H27N3O2. The van der Waals surface area contributed by atoms with Crippen molar-refractivity contribution in [1.82, 2.24) is 15.5 Å². The first-order chi connectivity index (χ1) is 9.03. The van der Waals surface area contributed by atoms with Crippen LogP contribution in [0.2, 0.25) is 0 Å². The van der Waals surface area contributed by atoms with E-state index in [0.717, 1.165) is 12.8 Å². The van der Waals surface area contributed by atoms with Gasteiger partial charge in [0.1, 0.15) is 0 Å². The second-order valence-corrected chi connectivity index (χ2v) is 5.51. The van der Waals surface area contributed by atoms with Crippen LogP contribution in [0.1, 0.15) is 44.9 Å². The zero-order valence-electron chi connectivity index (χ0n) is 12.4. The van der Waals surface area contributed by atoms with Crippen molar-refractivity contribution < 1.29 is 9.59 Å². The molecule has 0 heterocycles. The van der Waals surface area contributed by atoms with Gasteiger partial charge in [-0.05, 0) is 19.9 Å². The summed E-state index contributed by atoms with van der Waals surface area (Å²) in [6.07, 6.45) is 6.69. The lowest BCUT2D eigenvalue weighted by molar-refractivity contribution is -0.132. The number of amides is 2. The maximum atomic E-state index is 12.2. The van der Waals surface area contributed by atoms with Crippen molar-refractivity contribution in [3.63, 3.8) is 0 Å². The Kier molecular flexibility index (Phi) is 6.28. The Morgan fingerprint density at radius 2 is 1.79 bits per heavy atom. The molecule has 0 bridgehead atoms. The van der Waals surface area contributed by atoms with Gasteiger partial charge in [0.25, 0.3) is 0 Å². The molecule has 110 valence electrons. The van der Waals surface area contributed by atoms with Gasteiger partial charge < -0.3 is 15.5 Å². The van der Waals surface area contributed by atoms with Crippen molar-refractivity contribution in [1.29, 1.82) is 0 Å². The van der Waals surface area contributed by atoms with Crippen LogP contribution in [0.15, 0.2) is 0 Å². The monoisotopic (exact) mass is 269 g/mol. The van der Waals surface area contributed by atoms with Crippen LogP contribution in [0.25, 0.3) is 0 Å². The van der Waals surface area contributed by atoms with E-state index < -0.39 is 0 Å². The maximum Gasteiger partial charge on any atom is 0.224 e. The SMILES string of the molecule is CNC(=O)CCN(C)C(=O)CC1(NC)CCCCC1. The summed E-state index contributed by atoms with van der Waals surface area (Å²) < 4.78 is 0. The largest absolute Gasteiger partial charge is 0.359 e. The molecule has 5 heteroatoms. The van der Waals surface area contributed by atoms with E-state index in [2.05, 4.69) is 10.6 Å². The molecule has 0 spiro atoms. The lowest BCUT2D eigenvalue weighted by atomic mass is 9.79. The van der Waals surface area contributed by atoms with Gasteiger partial charge in [-0.1, -0.05) is 19.3 Å². The Bertz CT molecular complexity index is 312. The Morgan fingerprint density at radius 1 is 1.16 bits per heavy atom. The summed E-state index contributed by atoms with van der Waals surface area (Å²) in [5.74, 6) is 0.0980. The van der Waals surface area contributed by atoms with Gasteiger partial charge in [-0.2, -0.15) is 0 Å². The van der Waals surface area contributed by atoms with E-state index in [4.69, 9.17) is 0 Å². The fourth-order valence-corrected chi connectivity index (χ4v) is 2.69. The number of nitrogens with zero attached hydrogens (tertiary/aromatic N) is 1. The van der Waals surface area contributed by atoms with E-state index >= 15 is 0 Å². The zero-order valence-corrected chi connectivity index (χ0v) is 12.4. The average Bonchev–Trinajstić information content (AvgIpc) is 2.45. The number of hydrogen-bond donors (Lipinski definition) is 2. The number of carbonyl (C=O) groups is 2. The van der Waals surface area contributed by atoms with E-state index in [0.29, 0.717) is 19.4 Å². The van der Waals surface area contributed by atoms with Gasteiger partial charge in [-0.15, -0.1) is 0 Å². The van der Waals surface area contributed by atoms with Crippen LogP contribution in [0, 0.1) is 0 Å². The number of rotatable bonds is 6. The summed E-state index contributed by atoms with van der Waals surface area (Å²) >= 11 is 0. The molecule has 5 nitrogen and oxygen atoms in total. The first-order valence-corrected chi connectivity index (χ1v) is 7.16. The third kappa shape index (κ3) is 4.82. The number of carbonyl (C=O) groups excluding carboxylic acids is 2. The van der Waals surface area contributed by atoms with Crippen LogP contribution in [-0.4, -0.2) is 49.9 Å². The van der Waals surface area contributed by atoms with Crippen LogP contribution in [0.5, 0.6) is 0 Å². The normalized spacial score (nSPS) is 17.8. The van der Waals surface area contributed by atoms with E-state index in [9.17, 15) is 9.59 Å². The smallest absolute Gasteiger partial charge is 0.224 e. The van der Waals surface area contributed by atoms with Crippen molar-refractivity contribution in [3.8, 4) is 0 Å². The average molecular weight is 269 g/mol. The van der Waals surface area contributed by atoms with Crippen molar-refractivity contribution >= 4 is 11.8 Å². The first kappa shape index (κ1) is 16.0. The van der Waals surface area contributed by atoms with Gasteiger partial charge in [0.05, 0.1) is 0 Å². The Morgan fingerprint density at radius 3 is 2.32 bits per heavy atom. The highest BCUT2D eigenvalue weighted by Gasteiger charge is 2.33. The predicted octanol–water partition coefficient (Wildman–Crippen LogP) is 0.893. The highest BCUT2D eigenvalue weighted by molar-refractivity contribution is 5.79. The van der Waals surface area contributed by atoms with Crippen LogP contribution >= 0.6 is 0 Å².